The number of aryl methyl sites for hydroxylation is 1. The van der Waals surface area contributed by atoms with Crippen LogP contribution >= 0.6 is 22.9 Å². The smallest absolute Gasteiger partial charge is 0.263 e. The monoisotopic (exact) mass is 455 g/mol. The van der Waals surface area contributed by atoms with Gasteiger partial charge < -0.3 is 14.0 Å². The fourth-order valence-corrected chi connectivity index (χ4v) is 5.71. The van der Waals surface area contributed by atoms with E-state index in [1.807, 2.05) is 0 Å². The number of ether oxygens (including phenoxy) is 2. The van der Waals surface area contributed by atoms with Crippen molar-refractivity contribution in [1.29, 1.82) is 0 Å². The Labute approximate surface area is 176 Å². The normalized spacial score (nSPS) is 14.1. The van der Waals surface area contributed by atoms with E-state index < -0.39 is 10.0 Å². The molecular weight excluding hydrogens is 438 g/mol. The standard InChI is InChI=1S/C18H18ClN3O5S2/c1-9-15(8-14(28-9)17-20-18(27-21-17)10-4-5-10)29(23,24)22-16-12(19)6-11(25-2)7-13(16)26-3/h6-8,10,22H,4-5H2,1-3H3. The van der Waals surface area contributed by atoms with E-state index in [9.17, 15) is 8.42 Å². The Bertz CT molecular complexity index is 1170. The Morgan fingerprint density at radius 1 is 1.24 bits per heavy atom. The fraction of sp³-hybridized carbons (Fsp3) is 0.333. The third-order valence-electron chi connectivity index (χ3n) is 4.47. The van der Waals surface area contributed by atoms with Gasteiger partial charge in [-0.05, 0) is 25.8 Å². The zero-order valence-electron chi connectivity index (χ0n) is 15.9. The second-order valence-electron chi connectivity index (χ2n) is 6.55. The minimum atomic E-state index is -3.93. The number of anilines is 1. The molecule has 1 N–H and O–H groups in total. The number of methoxy groups -OCH3 is 2. The molecule has 2 heterocycles. The molecule has 1 aromatic carbocycles. The van der Waals surface area contributed by atoms with Gasteiger partial charge in [0.05, 0.1) is 24.1 Å². The van der Waals surface area contributed by atoms with Gasteiger partial charge in [-0.15, -0.1) is 11.3 Å². The van der Waals surface area contributed by atoms with Crippen LogP contribution < -0.4 is 14.2 Å². The Hall–Kier alpha value is -2.30. The Morgan fingerprint density at radius 2 is 2.00 bits per heavy atom. The van der Waals surface area contributed by atoms with Crippen LogP contribution in [-0.4, -0.2) is 32.8 Å². The summed E-state index contributed by atoms with van der Waals surface area (Å²) in [5.41, 5.74) is 0.137. The highest BCUT2D eigenvalue weighted by atomic mass is 35.5. The summed E-state index contributed by atoms with van der Waals surface area (Å²) in [6.07, 6.45) is 2.08. The highest BCUT2D eigenvalue weighted by Gasteiger charge is 2.31. The molecule has 1 aliphatic carbocycles. The topological polar surface area (TPSA) is 104 Å². The first kappa shape index (κ1) is 20.0. The lowest BCUT2D eigenvalue weighted by Crippen LogP contribution is -2.14. The number of nitrogens with zero attached hydrogens (tertiary/aromatic N) is 2. The number of sulfonamides is 1. The summed E-state index contributed by atoms with van der Waals surface area (Å²) >= 11 is 7.53. The maximum absolute atomic E-state index is 13.1. The summed E-state index contributed by atoms with van der Waals surface area (Å²) in [4.78, 5) is 5.71. The lowest BCUT2D eigenvalue weighted by molar-refractivity contribution is 0.380. The van der Waals surface area contributed by atoms with Gasteiger partial charge in [0, 0.05) is 22.9 Å². The molecule has 2 aromatic heterocycles. The lowest BCUT2D eigenvalue weighted by atomic mass is 10.3. The summed E-state index contributed by atoms with van der Waals surface area (Å²) in [5, 5.41) is 4.14. The average Bonchev–Trinajstić information content (AvgIpc) is 3.27. The first-order valence-electron chi connectivity index (χ1n) is 8.71. The minimum Gasteiger partial charge on any atom is -0.497 e. The highest BCUT2D eigenvalue weighted by Crippen LogP contribution is 2.42. The Morgan fingerprint density at radius 3 is 2.66 bits per heavy atom. The number of aromatic nitrogens is 2. The first-order valence-corrected chi connectivity index (χ1v) is 11.4. The molecule has 29 heavy (non-hydrogen) atoms. The molecule has 0 unspecified atom stereocenters. The Kier molecular flexibility index (Phi) is 5.18. The quantitative estimate of drug-likeness (QED) is 0.561. The maximum Gasteiger partial charge on any atom is 0.263 e. The van der Waals surface area contributed by atoms with Crippen LogP contribution in [0.25, 0.3) is 10.7 Å². The fourth-order valence-electron chi connectivity index (χ4n) is 2.80. The van der Waals surface area contributed by atoms with Crippen molar-refractivity contribution in [3.8, 4) is 22.2 Å². The van der Waals surface area contributed by atoms with Crippen LogP contribution in [0.3, 0.4) is 0 Å². The van der Waals surface area contributed by atoms with E-state index in [1.54, 1.807) is 13.0 Å². The van der Waals surface area contributed by atoms with Crippen LogP contribution in [0.2, 0.25) is 5.02 Å². The summed E-state index contributed by atoms with van der Waals surface area (Å²) in [6, 6.07) is 4.59. The van der Waals surface area contributed by atoms with E-state index in [2.05, 4.69) is 14.9 Å². The van der Waals surface area contributed by atoms with Crippen molar-refractivity contribution in [1.82, 2.24) is 10.1 Å². The predicted molar refractivity (Wildman–Crippen MR) is 110 cm³/mol. The highest BCUT2D eigenvalue weighted by molar-refractivity contribution is 7.93. The first-order chi connectivity index (χ1) is 13.8. The molecule has 154 valence electrons. The van der Waals surface area contributed by atoms with Crippen molar-refractivity contribution in [2.75, 3.05) is 18.9 Å². The van der Waals surface area contributed by atoms with Gasteiger partial charge in [0.1, 0.15) is 22.1 Å². The molecule has 3 aromatic rings. The third kappa shape index (κ3) is 3.92. The average molecular weight is 456 g/mol. The molecule has 1 saturated carbocycles. The van der Waals surface area contributed by atoms with Gasteiger partial charge in [0.15, 0.2) is 0 Å². The Balaban J connectivity index is 1.66. The van der Waals surface area contributed by atoms with E-state index in [4.69, 9.17) is 25.6 Å². The molecule has 0 spiro atoms. The molecule has 0 atom stereocenters. The van der Waals surface area contributed by atoms with E-state index in [-0.39, 0.29) is 21.4 Å². The maximum atomic E-state index is 13.1. The number of rotatable bonds is 7. The van der Waals surface area contributed by atoms with Crippen LogP contribution in [0.4, 0.5) is 5.69 Å². The molecule has 11 heteroatoms. The van der Waals surface area contributed by atoms with Crippen molar-refractivity contribution < 1.29 is 22.4 Å². The van der Waals surface area contributed by atoms with Crippen molar-refractivity contribution in [2.24, 2.45) is 0 Å². The number of thiophene rings is 1. The van der Waals surface area contributed by atoms with Crippen LogP contribution in [0, 0.1) is 6.92 Å². The predicted octanol–water partition coefficient (Wildman–Crippen LogP) is 4.46. The van der Waals surface area contributed by atoms with Crippen molar-refractivity contribution in [2.45, 2.75) is 30.6 Å². The number of halogens is 1. The molecule has 4 rings (SSSR count). The summed E-state index contributed by atoms with van der Waals surface area (Å²) < 4.78 is 44.3. The van der Waals surface area contributed by atoms with Crippen LogP contribution in [-0.2, 0) is 10.0 Å². The number of nitrogens with one attached hydrogen (secondary N) is 1. The van der Waals surface area contributed by atoms with Gasteiger partial charge in [-0.3, -0.25) is 4.72 Å². The zero-order chi connectivity index (χ0) is 20.8. The molecule has 0 bridgehead atoms. The molecule has 1 fully saturated rings. The molecule has 1 aliphatic rings. The van der Waals surface area contributed by atoms with Crippen LogP contribution in [0.1, 0.15) is 29.5 Å². The number of benzene rings is 1. The van der Waals surface area contributed by atoms with Gasteiger partial charge in [-0.1, -0.05) is 16.8 Å². The third-order valence-corrected chi connectivity index (χ3v) is 7.42. The van der Waals surface area contributed by atoms with Crippen molar-refractivity contribution in [3.63, 3.8) is 0 Å². The molecule has 8 nitrogen and oxygen atoms in total. The second kappa shape index (κ2) is 7.51. The van der Waals surface area contributed by atoms with Gasteiger partial charge in [-0.25, -0.2) is 8.42 Å². The van der Waals surface area contributed by atoms with Gasteiger partial charge in [0.25, 0.3) is 10.0 Å². The van der Waals surface area contributed by atoms with Gasteiger partial charge in [-0.2, -0.15) is 4.98 Å². The molecule has 0 radical (unpaired) electrons. The number of hydrogen-bond acceptors (Lipinski definition) is 8. The minimum absolute atomic E-state index is 0.115. The van der Waals surface area contributed by atoms with Crippen molar-refractivity contribution >= 4 is 38.6 Å². The largest absolute Gasteiger partial charge is 0.497 e. The summed E-state index contributed by atoms with van der Waals surface area (Å²) in [7, 11) is -1.03. The number of hydrogen-bond donors (Lipinski definition) is 1. The molecule has 0 amide bonds. The lowest BCUT2D eigenvalue weighted by Gasteiger charge is -2.14. The zero-order valence-corrected chi connectivity index (χ0v) is 18.2. The summed E-state index contributed by atoms with van der Waals surface area (Å²) in [6.45, 7) is 1.72. The molecule has 0 aliphatic heterocycles. The molecular formula is C18H18ClN3O5S2. The van der Waals surface area contributed by atoms with E-state index in [1.165, 1.54) is 37.7 Å². The van der Waals surface area contributed by atoms with Gasteiger partial charge >= 0.3 is 0 Å². The second-order valence-corrected chi connectivity index (χ2v) is 9.87. The van der Waals surface area contributed by atoms with Gasteiger partial charge in [0.2, 0.25) is 11.7 Å². The van der Waals surface area contributed by atoms with Crippen LogP contribution in [0.5, 0.6) is 11.5 Å². The van der Waals surface area contributed by atoms with Crippen LogP contribution in [0.15, 0.2) is 27.6 Å². The van der Waals surface area contributed by atoms with E-state index in [0.29, 0.717) is 33.1 Å². The summed E-state index contributed by atoms with van der Waals surface area (Å²) in [5.74, 6) is 2.02. The molecule has 0 saturated heterocycles. The van der Waals surface area contributed by atoms with E-state index >= 15 is 0 Å². The van der Waals surface area contributed by atoms with Crippen molar-refractivity contribution in [3.05, 3.63) is 34.0 Å². The SMILES string of the molecule is COc1cc(Cl)c(NS(=O)(=O)c2cc(-c3noc(C4CC4)n3)sc2C)c(OC)c1. The van der Waals surface area contributed by atoms with E-state index in [0.717, 1.165) is 12.8 Å².